The van der Waals surface area contributed by atoms with Crippen molar-refractivity contribution in [3.05, 3.63) is 32.9 Å². The lowest BCUT2D eigenvalue weighted by molar-refractivity contribution is -0.119. The van der Waals surface area contributed by atoms with E-state index in [0.717, 1.165) is 15.8 Å². The van der Waals surface area contributed by atoms with Gasteiger partial charge in [-0.2, -0.15) is 5.10 Å². The normalized spacial score (nSPS) is 11.8. The molecule has 0 radical (unpaired) electrons. The van der Waals surface area contributed by atoms with Gasteiger partial charge in [0.1, 0.15) is 11.0 Å². The highest BCUT2D eigenvalue weighted by atomic mass is 79.9. The second-order valence-corrected chi connectivity index (χ2v) is 6.86. The van der Waals surface area contributed by atoms with E-state index >= 15 is 0 Å². The molecule has 2 amide bonds. The van der Waals surface area contributed by atoms with Crippen LogP contribution in [-0.4, -0.2) is 34.7 Å². The van der Waals surface area contributed by atoms with Gasteiger partial charge in [-0.15, -0.1) is 11.3 Å². The number of aromatic nitrogens is 2. The number of hydrogen-bond donors (Lipinski definition) is 2. The Morgan fingerprint density at radius 1 is 1.46 bits per heavy atom. The van der Waals surface area contributed by atoms with Crippen molar-refractivity contribution in [1.82, 2.24) is 9.78 Å². The first-order chi connectivity index (χ1) is 11.3. The van der Waals surface area contributed by atoms with Gasteiger partial charge in [0.2, 0.25) is 5.91 Å². The van der Waals surface area contributed by atoms with E-state index in [-0.39, 0.29) is 15.4 Å². The number of nitrogens with one attached hydrogen (secondary N) is 1. The van der Waals surface area contributed by atoms with Gasteiger partial charge < -0.3 is 15.8 Å². The van der Waals surface area contributed by atoms with E-state index in [9.17, 15) is 14.4 Å². The van der Waals surface area contributed by atoms with Crippen LogP contribution in [0.15, 0.2) is 16.9 Å². The Bertz CT molecular complexity index is 814. The number of hydrogen-bond acceptors (Lipinski definition) is 6. The van der Waals surface area contributed by atoms with Crippen molar-refractivity contribution in [3.63, 3.8) is 0 Å². The Labute approximate surface area is 150 Å². The van der Waals surface area contributed by atoms with E-state index in [1.165, 1.54) is 11.8 Å². The van der Waals surface area contributed by atoms with Crippen LogP contribution < -0.4 is 11.1 Å². The van der Waals surface area contributed by atoms with Gasteiger partial charge in [0.25, 0.3) is 5.91 Å². The first kappa shape index (κ1) is 18.1. The number of amides is 2. The summed E-state index contributed by atoms with van der Waals surface area (Å²) in [5.74, 6) is -1.72. The molecule has 2 aromatic heterocycles. The predicted molar refractivity (Wildman–Crippen MR) is 92.2 cm³/mol. The third-order valence-corrected chi connectivity index (χ3v) is 4.97. The van der Waals surface area contributed by atoms with Crippen molar-refractivity contribution < 1.29 is 19.1 Å². The Morgan fingerprint density at radius 2 is 2.12 bits per heavy atom. The predicted octanol–water partition coefficient (Wildman–Crippen LogP) is 2.10. The molecular formula is C14H15BrN4O4S. The van der Waals surface area contributed by atoms with Crippen LogP contribution in [0.3, 0.4) is 0 Å². The second-order valence-electron chi connectivity index (χ2n) is 4.92. The maximum Gasteiger partial charge on any atom is 0.341 e. The smallest absolute Gasteiger partial charge is 0.341 e. The molecule has 0 saturated heterocycles. The lowest BCUT2D eigenvalue weighted by Gasteiger charge is -2.12. The van der Waals surface area contributed by atoms with Gasteiger partial charge in [0.15, 0.2) is 0 Å². The number of methoxy groups -OCH3 is 1. The average molecular weight is 415 g/mol. The number of ether oxygens (including phenoxy) is 1. The fourth-order valence-corrected chi connectivity index (χ4v) is 3.40. The topological polar surface area (TPSA) is 116 Å². The van der Waals surface area contributed by atoms with Gasteiger partial charge in [0, 0.05) is 6.20 Å². The summed E-state index contributed by atoms with van der Waals surface area (Å²) in [6, 6.07) is -0.624. The SMILES string of the molecule is COC(=O)c1c(NC(=O)C(C)n2cc(Br)cn2)sc(C(N)=O)c1C. The van der Waals surface area contributed by atoms with Gasteiger partial charge in [-0.05, 0) is 35.3 Å². The molecule has 0 aliphatic rings. The summed E-state index contributed by atoms with van der Waals surface area (Å²) >= 11 is 4.20. The summed E-state index contributed by atoms with van der Waals surface area (Å²) in [4.78, 5) is 36.1. The third-order valence-electron chi connectivity index (χ3n) is 3.34. The summed E-state index contributed by atoms with van der Waals surface area (Å²) in [5, 5.41) is 6.91. The molecule has 0 fully saturated rings. The van der Waals surface area contributed by atoms with Crippen molar-refractivity contribution in [2.45, 2.75) is 19.9 Å². The zero-order chi connectivity index (χ0) is 18.0. The first-order valence-corrected chi connectivity index (χ1v) is 8.39. The molecule has 0 bridgehead atoms. The van der Waals surface area contributed by atoms with Crippen LogP contribution in [0.4, 0.5) is 5.00 Å². The summed E-state index contributed by atoms with van der Waals surface area (Å²) in [5.41, 5.74) is 5.81. The number of anilines is 1. The number of carbonyl (C=O) groups is 3. The van der Waals surface area contributed by atoms with Crippen LogP contribution in [0, 0.1) is 6.92 Å². The maximum atomic E-state index is 12.4. The van der Waals surface area contributed by atoms with E-state index in [0.29, 0.717) is 5.56 Å². The molecule has 0 aliphatic heterocycles. The number of nitrogens with zero attached hydrogens (tertiary/aromatic N) is 2. The molecule has 128 valence electrons. The van der Waals surface area contributed by atoms with Crippen molar-refractivity contribution in [1.29, 1.82) is 0 Å². The molecule has 2 heterocycles. The zero-order valence-corrected chi connectivity index (χ0v) is 15.5. The van der Waals surface area contributed by atoms with Crippen molar-refractivity contribution in [2.24, 2.45) is 5.73 Å². The number of carbonyl (C=O) groups excluding carboxylic acids is 3. The van der Waals surface area contributed by atoms with Crippen LogP contribution in [0.1, 0.15) is 38.6 Å². The Balaban J connectivity index is 2.34. The quantitative estimate of drug-likeness (QED) is 0.726. The average Bonchev–Trinajstić information content (AvgIpc) is 3.09. The number of rotatable bonds is 5. The van der Waals surface area contributed by atoms with Crippen molar-refractivity contribution in [3.8, 4) is 0 Å². The van der Waals surface area contributed by atoms with Gasteiger partial charge in [-0.25, -0.2) is 4.79 Å². The van der Waals surface area contributed by atoms with Crippen LogP contribution in [0.2, 0.25) is 0 Å². The third kappa shape index (κ3) is 3.49. The standard InChI is InChI=1S/C14H15BrN4O4S/c1-6-9(14(22)23-3)13(24-10(6)11(16)20)18-12(21)7(2)19-5-8(15)4-17-19/h4-5,7H,1-3H3,(H2,16,20)(H,18,21). The van der Waals surface area contributed by atoms with E-state index in [1.807, 2.05) is 0 Å². The van der Waals surface area contributed by atoms with Crippen LogP contribution >= 0.6 is 27.3 Å². The molecule has 8 nitrogen and oxygen atoms in total. The molecule has 0 aliphatic carbocycles. The fraction of sp³-hybridized carbons (Fsp3) is 0.286. The summed E-state index contributed by atoms with van der Waals surface area (Å²) < 4.78 is 6.92. The summed E-state index contributed by atoms with van der Waals surface area (Å²) in [7, 11) is 1.22. The minimum absolute atomic E-state index is 0.124. The minimum Gasteiger partial charge on any atom is -0.465 e. The highest BCUT2D eigenvalue weighted by molar-refractivity contribution is 9.10. The van der Waals surface area contributed by atoms with Gasteiger partial charge in [-0.1, -0.05) is 0 Å². The molecule has 1 atom stereocenters. The number of halogens is 1. The molecule has 2 rings (SSSR count). The number of thiophene rings is 1. The molecule has 0 spiro atoms. The second kappa shape index (κ2) is 7.14. The maximum absolute atomic E-state index is 12.4. The Morgan fingerprint density at radius 3 is 2.62 bits per heavy atom. The molecule has 0 saturated carbocycles. The zero-order valence-electron chi connectivity index (χ0n) is 13.1. The summed E-state index contributed by atoms with van der Waals surface area (Å²) in [6.45, 7) is 3.23. The largest absolute Gasteiger partial charge is 0.465 e. The van der Waals surface area contributed by atoms with Crippen LogP contribution in [-0.2, 0) is 9.53 Å². The van der Waals surface area contributed by atoms with E-state index in [4.69, 9.17) is 10.5 Å². The van der Waals surface area contributed by atoms with Gasteiger partial charge in [0.05, 0.1) is 28.2 Å². The minimum atomic E-state index is -0.674. The number of esters is 1. The van der Waals surface area contributed by atoms with Gasteiger partial charge in [-0.3, -0.25) is 14.3 Å². The highest BCUT2D eigenvalue weighted by Gasteiger charge is 2.26. The van der Waals surface area contributed by atoms with E-state index in [1.54, 1.807) is 26.2 Å². The van der Waals surface area contributed by atoms with E-state index in [2.05, 4.69) is 26.3 Å². The molecule has 10 heteroatoms. The lowest BCUT2D eigenvalue weighted by atomic mass is 10.1. The molecule has 0 aromatic carbocycles. The van der Waals surface area contributed by atoms with Crippen LogP contribution in [0.5, 0.6) is 0 Å². The molecule has 2 aromatic rings. The van der Waals surface area contributed by atoms with E-state index < -0.39 is 23.8 Å². The monoisotopic (exact) mass is 414 g/mol. The number of primary amides is 1. The number of nitrogens with two attached hydrogens (primary N) is 1. The molecular weight excluding hydrogens is 400 g/mol. The van der Waals surface area contributed by atoms with Crippen molar-refractivity contribution in [2.75, 3.05) is 12.4 Å². The Hall–Kier alpha value is -2.20. The van der Waals surface area contributed by atoms with Crippen molar-refractivity contribution >= 4 is 50.1 Å². The van der Waals surface area contributed by atoms with Gasteiger partial charge >= 0.3 is 5.97 Å². The highest BCUT2D eigenvalue weighted by Crippen LogP contribution is 2.34. The molecule has 24 heavy (non-hydrogen) atoms. The first-order valence-electron chi connectivity index (χ1n) is 6.78. The van der Waals surface area contributed by atoms with Crippen LogP contribution in [0.25, 0.3) is 0 Å². The fourth-order valence-electron chi connectivity index (χ4n) is 2.05. The Kier molecular flexibility index (Phi) is 5.40. The molecule has 1 unspecified atom stereocenters. The lowest BCUT2D eigenvalue weighted by Crippen LogP contribution is -2.24. The summed E-state index contributed by atoms with van der Waals surface area (Å²) in [6.07, 6.45) is 3.21. The molecule has 3 N–H and O–H groups in total.